The molecule has 110 valence electrons. The van der Waals surface area contributed by atoms with E-state index in [1.54, 1.807) is 12.1 Å². The first-order valence-electron chi connectivity index (χ1n) is 6.12. The molecule has 0 aliphatic rings. The van der Waals surface area contributed by atoms with E-state index in [2.05, 4.69) is 9.47 Å². The number of aliphatic hydroxyl groups is 1. The van der Waals surface area contributed by atoms with E-state index in [1.807, 2.05) is 18.9 Å². The lowest BCUT2D eigenvalue weighted by Gasteiger charge is -2.24. The van der Waals surface area contributed by atoms with Crippen molar-refractivity contribution in [1.29, 1.82) is 0 Å². The summed E-state index contributed by atoms with van der Waals surface area (Å²) in [5.74, 6) is -2.16. The number of hydrogen-bond donors (Lipinski definition) is 1. The molecule has 0 unspecified atom stereocenters. The van der Waals surface area contributed by atoms with Crippen molar-refractivity contribution in [1.82, 2.24) is 0 Å². The monoisotopic (exact) mass is 281 g/mol. The molecule has 0 bridgehead atoms. The van der Waals surface area contributed by atoms with Gasteiger partial charge in [0.05, 0.1) is 14.2 Å². The highest BCUT2D eigenvalue weighted by Crippen LogP contribution is 2.26. The van der Waals surface area contributed by atoms with E-state index in [9.17, 15) is 14.7 Å². The molecule has 0 radical (unpaired) electrons. The van der Waals surface area contributed by atoms with Crippen LogP contribution in [0.4, 0.5) is 5.69 Å². The summed E-state index contributed by atoms with van der Waals surface area (Å²) in [5.41, 5.74) is -1.45. The van der Waals surface area contributed by atoms with E-state index in [1.165, 1.54) is 12.1 Å². The topological polar surface area (TPSA) is 76.1 Å². The van der Waals surface area contributed by atoms with E-state index in [0.29, 0.717) is 0 Å². The summed E-state index contributed by atoms with van der Waals surface area (Å²) in [7, 11) is 4.09. The Bertz CT molecular complexity index is 467. The fourth-order valence-corrected chi connectivity index (χ4v) is 1.75. The van der Waals surface area contributed by atoms with Gasteiger partial charge in [-0.15, -0.1) is 0 Å². The van der Waals surface area contributed by atoms with Crippen LogP contribution in [0.3, 0.4) is 0 Å². The van der Waals surface area contributed by atoms with E-state index in [-0.39, 0.29) is 5.56 Å². The van der Waals surface area contributed by atoms with Crippen LogP contribution in [0.1, 0.15) is 12.5 Å². The molecule has 1 rings (SSSR count). The summed E-state index contributed by atoms with van der Waals surface area (Å²) in [6.45, 7) is 2.80. The van der Waals surface area contributed by atoms with E-state index in [0.717, 1.165) is 26.5 Å². The molecule has 1 aromatic carbocycles. The molecule has 20 heavy (non-hydrogen) atoms. The Morgan fingerprint density at radius 1 is 1.15 bits per heavy atom. The highest BCUT2D eigenvalue weighted by molar-refractivity contribution is 6.04. The zero-order valence-electron chi connectivity index (χ0n) is 12.0. The quantitative estimate of drug-likeness (QED) is 0.631. The van der Waals surface area contributed by atoms with Gasteiger partial charge in [0.15, 0.2) is 0 Å². The summed E-state index contributed by atoms with van der Waals surface area (Å²) in [5, 5.41) is 10.3. The van der Waals surface area contributed by atoms with Crippen molar-refractivity contribution >= 4 is 17.6 Å². The number of methoxy groups -OCH3 is 2. The van der Waals surface area contributed by atoms with Crippen molar-refractivity contribution in [3.63, 3.8) is 0 Å². The number of nitrogens with zero attached hydrogens (tertiary/aromatic N) is 1. The molecule has 0 aliphatic heterocycles. The lowest BCUT2D eigenvalue weighted by atomic mass is 9.93. The molecular weight excluding hydrogens is 262 g/mol. The second-order valence-corrected chi connectivity index (χ2v) is 4.25. The van der Waals surface area contributed by atoms with Crippen molar-refractivity contribution in [3.05, 3.63) is 29.8 Å². The molecule has 0 saturated heterocycles. The fraction of sp³-hybridized carbons (Fsp3) is 0.429. The zero-order valence-corrected chi connectivity index (χ0v) is 12.0. The van der Waals surface area contributed by atoms with Crippen LogP contribution in [0.25, 0.3) is 0 Å². The van der Waals surface area contributed by atoms with Crippen LogP contribution in [0.5, 0.6) is 0 Å². The van der Waals surface area contributed by atoms with Crippen molar-refractivity contribution < 1.29 is 24.2 Å². The van der Waals surface area contributed by atoms with Gasteiger partial charge < -0.3 is 19.5 Å². The number of benzene rings is 1. The van der Waals surface area contributed by atoms with Gasteiger partial charge in [0.1, 0.15) is 0 Å². The van der Waals surface area contributed by atoms with Crippen LogP contribution in [-0.4, -0.2) is 44.9 Å². The van der Waals surface area contributed by atoms with Gasteiger partial charge in [-0.3, -0.25) is 0 Å². The van der Waals surface area contributed by atoms with Crippen LogP contribution >= 0.6 is 0 Å². The lowest BCUT2D eigenvalue weighted by molar-refractivity contribution is -0.181. The largest absolute Gasteiger partial charge is 0.466 e. The molecule has 0 aromatic heterocycles. The number of rotatable bonds is 5. The smallest absolute Gasteiger partial charge is 0.354 e. The van der Waals surface area contributed by atoms with Gasteiger partial charge in [0.25, 0.3) is 5.60 Å². The first-order chi connectivity index (χ1) is 9.41. The first-order valence-corrected chi connectivity index (χ1v) is 6.12. The molecule has 1 N–H and O–H groups in total. The minimum atomic E-state index is -2.45. The average molecular weight is 281 g/mol. The molecule has 6 heteroatoms. The number of hydrogen-bond acceptors (Lipinski definition) is 6. The molecule has 0 spiro atoms. The standard InChI is InChI=1S/C14H19NO5/c1-5-15(2)11-8-6-10(7-9-11)14(18,12(16)19-3)13(17)20-4/h6-9,18H,5H2,1-4H3. The summed E-state index contributed by atoms with van der Waals surface area (Å²) in [6.07, 6.45) is 0. The van der Waals surface area contributed by atoms with Crippen molar-refractivity contribution in [2.45, 2.75) is 12.5 Å². The van der Waals surface area contributed by atoms with E-state index in [4.69, 9.17) is 0 Å². The lowest BCUT2D eigenvalue weighted by Crippen LogP contribution is -2.45. The highest BCUT2D eigenvalue weighted by Gasteiger charge is 2.48. The highest BCUT2D eigenvalue weighted by atomic mass is 16.6. The molecule has 0 saturated carbocycles. The van der Waals surface area contributed by atoms with Crippen molar-refractivity contribution in [2.24, 2.45) is 0 Å². The molecular formula is C14H19NO5. The Kier molecular flexibility index (Phi) is 5.10. The maximum Gasteiger partial charge on any atom is 0.354 e. The molecule has 0 amide bonds. The van der Waals surface area contributed by atoms with Gasteiger partial charge in [-0.25, -0.2) is 9.59 Å². The zero-order chi connectivity index (χ0) is 15.3. The molecule has 0 heterocycles. The van der Waals surface area contributed by atoms with Crippen LogP contribution in [0.15, 0.2) is 24.3 Å². The van der Waals surface area contributed by atoms with Crippen LogP contribution < -0.4 is 4.90 Å². The Morgan fingerprint density at radius 3 is 1.95 bits per heavy atom. The fourth-order valence-electron chi connectivity index (χ4n) is 1.75. The molecule has 0 atom stereocenters. The minimum Gasteiger partial charge on any atom is -0.466 e. The third-order valence-electron chi connectivity index (χ3n) is 3.16. The number of anilines is 1. The third-order valence-corrected chi connectivity index (χ3v) is 3.16. The molecule has 0 aliphatic carbocycles. The minimum absolute atomic E-state index is 0.101. The Labute approximate surface area is 117 Å². The van der Waals surface area contributed by atoms with Gasteiger partial charge in [-0.1, -0.05) is 12.1 Å². The summed E-state index contributed by atoms with van der Waals surface area (Å²) in [4.78, 5) is 25.4. The second-order valence-electron chi connectivity index (χ2n) is 4.25. The Hall–Kier alpha value is -2.08. The van der Waals surface area contributed by atoms with Gasteiger partial charge in [0.2, 0.25) is 0 Å². The van der Waals surface area contributed by atoms with Crippen LogP contribution in [-0.2, 0) is 24.7 Å². The number of esters is 2. The van der Waals surface area contributed by atoms with Gasteiger partial charge in [0, 0.05) is 24.8 Å². The summed E-state index contributed by atoms with van der Waals surface area (Å²) in [6, 6.07) is 6.40. The van der Waals surface area contributed by atoms with Crippen LogP contribution in [0.2, 0.25) is 0 Å². The normalized spacial score (nSPS) is 10.8. The SMILES string of the molecule is CCN(C)c1ccc(C(O)(C(=O)OC)C(=O)OC)cc1. The number of carbonyl (C=O) groups is 2. The molecule has 1 aromatic rings. The second kappa shape index (κ2) is 6.38. The maximum atomic E-state index is 11.7. The predicted molar refractivity (Wildman–Crippen MR) is 73.3 cm³/mol. The Balaban J connectivity index is 3.22. The van der Waals surface area contributed by atoms with Crippen LogP contribution in [0, 0.1) is 0 Å². The van der Waals surface area contributed by atoms with Crippen molar-refractivity contribution in [2.75, 3.05) is 32.7 Å². The number of ether oxygens (including phenoxy) is 2. The first kappa shape index (κ1) is 16.0. The summed E-state index contributed by atoms with van der Waals surface area (Å²) < 4.78 is 8.98. The van der Waals surface area contributed by atoms with Gasteiger partial charge in [-0.2, -0.15) is 0 Å². The summed E-state index contributed by atoms with van der Waals surface area (Å²) >= 11 is 0. The van der Waals surface area contributed by atoms with Gasteiger partial charge >= 0.3 is 11.9 Å². The molecule has 6 nitrogen and oxygen atoms in total. The average Bonchev–Trinajstić information content (AvgIpc) is 2.51. The number of carbonyl (C=O) groups excluding carboxylic acids is 2. The molecule has 0 fully saturated rings. The predicted octanol–water partition coefficient (Wildman–Crippen LogP) is 0.676. The third kappa shape index (κ3) is 2.75. The van der Waals surface area contributed by atoms with E-state index >= 15 is 0 Å². The Morgan fingerprint density at radius 2 is 1.60 bits per heavy atom. The van der Waals surface area contributed by atoms with E-state index < -0.39 is 17.5 Å². The maximum absolute atomic E-state index is 11.7. The van der Waals surface area contributed by atoms with Gasteiger partial charge in [-0.05, 0) is 19.1 Å². The van der Waals surface area contributed by atoms with Crippen molar-refractivity contribution in [3.8, 4) is 0 Å².